The zero-order chi connectivity index (χ0) is 88.8. The van der Waals surface area contributed by atoms with Crippen LogP contribution in [0.15, 0.2) is 0 Å². The average Bonchev–Trinajstić information content (AvgIpc) is 0.821. The van der Waals surface area contributed by atoms with Crippen LogP contribution in [0.5, 0.6) is 0 Å². The smallest absolute Gasteiger partial charge is 0.303 e. The van der Waals surface area contributed by atoms with Crippen LogP contribution in [0.3, 0.4) is 0 Å². The van der Waals surface area contributed by atoms with Crippen molar-refractivity contribution in [2.75, 3.05) is 92.4 Å². The van der Waals surface area contributed by atoms with Crippen LogP contribution in [0.4, 0.5) is 0 Å². The summed E-state index contributed by atoms with van der Waals surface area (Å²) in [6, 6.07) is 0. The van der Waals surface area contributed by atoms with E-state index in [1.807, 2.05) is 41.5 Å². The molecule has 120 heavy (non-hydrogen) atoms. The molecule has 32 nitrogen and oxygen atoms in total. The number of Topliss-reactive ketones (excluding diaryl/α,β-unsaturated/α-hetero) is 5. The van der Waals surface area contributed by atoms with Crippen LogP contribution in [-0.4, -0.2) is 235 Å². The SMILES string of the molecule is CC(=O)OCC1OC(OCCCCC(=O)CCCCCC(=O)CCOCC(COCCC(=O)CCCC(=O)CCCCOC2OC(COC(C)=O)C(OC(C)=O)C(C)C2C)(COCCC(=O)NCCCNC(=O)CCCCOC2OC(COC(C)=O)C(OC(C)=O)C(C)C2C)CC(=O)CCCCCCCCCCC(=O)O)C(C)C(C)C1OC(C)=O. The summed E-state index contributed by atoms with van der Waals surface area (Å²) in [7, 11) is 0. The van der Waals surface area contributed by atoms with E-state index in [1.54, 1.807) is 0 Å². The topological polar surface area (TPSA) is 422 Å². The number of carboxylic acids is 1. The van der Waals surface area contributed by atoms with E-state index >= 15 is 0 Å². The molecule has 0 radical (unpaired) electrons. The molecule has 0 aromatic heterocycles. The van der Waals surface area contributed by atoms with E-state index < -0.39 is 103 Å². The average molecular weight is 1710 g/mol. The summed E-state index contributed by atoms with van der Waals surface area (Å²) in [6.07, 6.45) is 9.09. The zero-order valence-electron chi connectivity index (χ0n) is 74.0. The maximum Gasteiger partial charge on any atom is 0.303 e. The standard InChI is InChI=1S/C88H146N2O30/c1-59-62(4)85(118-76(53-112-65(7)91)82(59)115-68(10)94)109-46-27-24-34-71(97)32-21-19-22-33-73(99)41-49-106-56-88(52-75(101)36-20-17-15-13-14-16-18-23-40-81(104)105,57-107-50-42-74(100)38-30-37-72(98)35-25-28-47-110-86-63(5)60(2)83(116-69(11)95)77(119-86)54-113-66(8)92)58-108-51-43-80(103)90-45-31-44-89-79(102)39-26-29-48-111-87-64(6)61(3)84(117-70(12)96)78(120-87)55-114-67(9)93/h59-64,76-78,82-87H,13-58H2,1-12H3,(H,89,102)(H,90,103)(H,104,105). The molecule has 2 amide bonds. The molecule has 3 heterocycles. The van der Waals surface area contributed by atoms with Crippen molar-refractivity contribution in [3.05, 3.63) is 0 Å². The van der Waals surface area contributed by atoms with Gasteiger partial charge >= 0.3 is 41.8 Å². The molecule has 0 aliphatic carbocycles. The second-order valence-corrected chi connectivity index (χ2v) is 32.9. The third kappa shape index (κ3) is 47.7. The highest BCUT2D eigenvalue weighted by atomic mass is 16.7. The van der Waals surface area contributed by atoms with Crippen molar-refractivity contribution in [1.29, 1.82) is 0 Å². The number of nitrogens with one attached hydrogen (secondary N) is 2. The van der Waals surface area contributed by atoms with Gasteiger partial charge in [0.2, 0.25) is 11.8 Å². The monoisotopic (exact) mass is 1710 g/mol. The van der Waals surface area contributed by atoms with Gasteiger partial charge in [0.25, 0.3) is 0 Å². The summed E-state index contributed by atoms with van der Waals surface area (Å²) < 4.78 is 87.4. The van der Waals surface area contributed by atoms with Gasteiger partial charge in [-0.15, -0.1) is 0 Å². The van der Waals surface area contributed by atoms with Crippen molar-refractivity contribution in [1.82, 2.24) is 10.6 Å². The zero-order valence-corrected chi connectivity index (χ0v) is 74.0. The van der Waals surface area contributed by atoms with Crippen LogP contribution < -0.4 is 10.6 Å². The number of esters is 6. The van der Waals surface area contributed by atoms with Gasteiger partial charge in [0.15, 0.2) is 18.9 Å². The third-order valence-corrected chi connectivity index (χ3v) is 22.2. The molecule has 16 atom stereocenters. The lowest BCUT2D eigenvalue weighted by Gasteiger charge is -2.43. The van der Waals surface area contributed by atoms with Crippen molar-refractivity contribution < 1.29 is 143 Å². The van der Waals surface area contributed by atoms with Gasteiger partial charge in [0.1, 0.15) is 85.4 Å². The number of hydrogen-bond acceptors (Lipinski definition) is 29. The van der Waals surface area contributed by atoms with Gasteiger partial charge in [0.05, 0.1) is 39.6 Å². The number of amides is 2. The predicted octanol–water partition coefficient (Wildman–Crippen LogP) is 11.2. The molecule has 688 valence electrons. The van der Waals surface area contributed by atoms with E-state index in [9.17, 15) is 67.1 Å². The molecule has 3 fully saturated rings. The van der Waals surface area contributed by atoms with Gasteiger partial charge in [-0.05, 0) is 77.0 Å². The molecule has 0 saturated carbocycles. The number of aliphatic carboxylic acids is 1. The minimum atomic E-state index is -1.11. The Labute approximate surface area is 710 Å². The molecule has 3 saturated heterocycles. The lowest BCUT2D eigenvalue weighted by molar-refractivity contribution is -0.273. The van der Waals surface area contributed by atoms with Crippen LogP contribution in [-0.2, 0) is 138 Å². The van der Waals surface area contributed by atoms with E-state index in [0.717, 1.165) is 38.5 Å². The second-order valence-electron chi connectivity index (χ2n) is 32.9. The molecule has 3 rings (SSSR count). The minimum Gasteiger partial charge on any atom is -0.481 e. The number of carboxylic acid groups (broad SMARTS) is 1. The highest BCUT2D eigenvalue weighted by Crippen LogP contribution is 2.37. The summed E-state index contributed by atoms with van der Waals surface area (Å²) in [5, 5.41) is 14.7. The molecule has 0 bridgehead atoms. The lowest BCUT2D eigenvalue weighted by Crippen LogP contribution is -2.53. The molecule has 3 aliphatic heterocycles. The summed E-state index contributed by atoms with van der Waals surface area (Å²) >= 11 is 0. The first-order valence-corrected chi connectivity index (χ1v) is 44.0. The first-order chi connectivity index (χ1) is 57.2. The Morgan fingerprint density at radius 1 is 0.300 bits per heavy atom. The Kier molecular flexibility index (Phi) is 55.8. The Bertz CT molecular complexity index is 2960. The van der Waals surface area contributed by atoms with Gasteiger partial charge in [-0.2, -0.15) is 0 Å². The minimum absolute atomic E-state index is 0.00139. The van der Waals surface area contributed by atoms with Crippen molar-refractivity contribution in [2.45, 2.75) is 344 Å². The molecule has 32 heteroatoms. The first kappa shape index (κ1) is 107. The number of unbranched alkanes of at least 4 members (excludes halogenated alkanes) is 12. The van der Waals surface area contributed by atoms with E-state index in [1.165, 1.54) is 41.5 Å². The van der Waals surface area contributed by atoms with E-state index in [-0.39, 0.29) is 213 Å². The van der Waals surface area contributed by atoms with E-state index in [4.69, 9.17) is 76.2 Å². The fourth-order valence-corrected chi connectivity index (χ4v) is 14.7. The summed E-state index contributed by atoms with van der Waals surface area (Å²) in [5.41, 5.74) is -1.11. The number of rotatable bonds is 69. The highest BCUT2D eigenvalue weighted by Gasteiger charge is 2.48. The Morgan fingerprint density at radius 2 is 0.583 bits per heavy atom. The fraction of sp³-hybridized carbons (Fsp3) is 0.841. The van der Waals surface area contributed by atoms with Crippen molar-refractivity contribution >= 4 is 82.5 Å². The van der Waals surface area contributed by atoms with Gasteiger partial charge < -0.3 is 86.8 Å². The van der Waals surface area contributed by atoms with Crippen LogP contribution in [0.2, 0.25) is 0 Å². The van der Waals surface area contributed by atoms with Gasteiger partial charge in [-0.1, -0.05) is 86.5 Å². The Balaban J connectivity index is 1.58. The Hall–Kier alpha value is -6.78. The normalized spacial score (nSPS) is 23.3. The molecule has 16 unspecified atom stereocenters. The maximum atomic E-state index is 14.1. The number of hydrogen-bond donors (Lipinski definition) is 3. The number of ether oxygens (including phenoxy) is 15. The Morgan fingerprint density at radius 3 is 0.925 bits per heavy atom. The maximum absolute atomic E-state index is 14.1. The van der Waals surface area contributed by atoms with Gasteiger partial charge in [-0.3, -0.25) is 67.1 Å². The molecular formula is C88H146N2O30. The largest absolute Gasteiger partial charge is 0.481 e. The lowest BCUT2D eigenvalue weighted by atomic mass is 9.83. The van der Waals surface area contributed by atoms with Crippen LogP contribution in [0.25, 0.3) is 0 Å². The predicted molar refractivity (Wildman–Crippen MR) is 437 cm³/mol. The molecule has 0 aromatic rings. The first-order valence-electron chi connectivity index (χ1n) is 44.0. The number of carbonyl (C=O) groups is 14. The second kappa shape index (κ2) is 62.3. The summed E-state index contributed by atoms with van der Waals surface area (Å²) in [5.74, 6) is -5.21. The molecule has 3 N–H and O–H groups in total. The fourth-order valence-electron chi connectivity index (χ4n) is 14.7. The molecular weight excluding hydrogens is 1560 g/mol. The number of carbonyl (C=O) groups excluding carboxylic acids is 13. The van der Waals surface area contributed by atoms with Gasteiger partial charge in [0, 0.05) is 199 Å². The summed E-state index contributed by atoms with van der Waals surface area (Å²) in [6.45, 7) is 20.3. The van der Waals surface area contributed by atoms with E-state index in [2.05, 4.69) is 10.6 Å². The van der Waals surface area contributed by atoms with Crippen LogP contribution >= 0.6 is 0 Å². The third-order valence-electron chi connectivity index (χ3n) is 22.2. The van der Waals surface area contributed by atoms with E-state index in [0.29, 0.717) is 123 Å². The molecule has 0 spiro atoms. The van der Waals surface area contributed by atoms with Crippen LogP contribution in [0, 0.1) is 40.9 Å². The molecule has 0 aromatic carbocycles. The summed E-state index contributed by atoms with van der Waals surface area (Å²) in [4.78, 5) is 174. The van der Waals surface area contributed by atoms with Crippen molar-refractivity contribution in [3.63, 3.8) is 0 Å². The highest BCUT2D eigenvalue weighted by molar-refractivity contribution is 5.82. The van der Waals surface area contributed by atoms with Gasteiger partial charge in [-0.25, -0.2) is 0 Å². The van der Waals surface area contributed by atoms with Crippen molar-refractivity contribution in [2.24, 2.45) is 40.9 Å². The number of ketones is 5. The van der Waals surface area contributed by atoms with Crippen molar-refractivity contribution in [3.8, 4) is 0 Å². The van der Waals surface area contributed by atoms with Crippen LogP contribution in [0.1, 0.15) is 289 Å². The quantitative estimate of drug-likeness (QED) is 0.0289. The molecule has 3 aliphatic rings.